The van der Waals surface area contributed by atoms with Gasteiger partial charge in [-0.05, 0) is 44.3 Å². The number of hydrogen-bond donors (Lipinski definition) is 2. The highest BCUT2D eigenvalue weighted by molar-refractivity contribution is 7.71. The van der Waals surface area contributed by atoms with Crippen LogP contribution in [0.5, 0.6) is 0 Å². The van der Waals surface area contributed by atoms with Crippen molar-refractivity contribution in [3.8, 4) is 0 Å². The average molecular weight is 324 g/mol. The normalized spacial score (nSPS) is 27.6. The number of carbonyl (C=O) groups is 1. The SMILES string of the molecule is CCCc1n[nH]c(=S)n1CC(=O)N[C@@H]1CCC[C@@H]2OCC[C@H]21. The molecule has 3 rings (SSSR count). The van der Waals surface area contributed by atoms with Crippen molar-refractivity contribution in [3.63, 3.8) is 0 Å². The first kappa shape index (κ1) is 15.7. The number of nitrogens with zero attached hydrogens (tertiary/aromatic N) is 2. The maximum Gasteiger partial charge on any atom is 0.240 e. The van der Waals surface area contributed by atoms with Crippen LogP contribution in [0.3, 0.4) is 0 Å². The minimum Gasteiger partial charge on any atom is -0.378 e. The van der Waals surface area contributed by atoms with Crippen molar-refractivity contribution in [1.29, 1.82) is 0 Å². The topological polar surface area (TPSA) is 71.9 Å². The summed E-state index contributed by atoms with van der Waals surface area (Å²) in [6, 6.07) is 0.240. The van der Waals surface area contributed by atoms with Gasteiger partial charge in [0.2, 0.25) is 5.91 Å². The van der Waals surface area contributed by atoms with Crippen LogP contribution in [-0.2, 0) is 22.5 Å². The average Bonchev–Trinajstić information content (AvgIpc) is 3.10. The molecule has 1 aromatic heterocycles. The Morgan fingerprint density at radius 2 is 2.36 bits per heavy atom. The number of amides is 1. The number of aryl methyl sites for hydroxylation is 1. The number of aromatic nitrogens is 3. The summed E-state index contributed by atoms with van der Waals surface area (Å²) < 4.78 is 8.08. The number of nitrogens with one attached hydrogen (secondary N) is 2. The Hall–Kier alpha value is -1.21. The molecule has 0 spiro atoms. The Morgan fingerprint density at radius 1 is 1.50 bits per heavy atom. The highest BCUT2D eigenvalue weighted by atomic mass is 32.1. The van der Waals surface area contributed by atoms with Crippen LogP contribution < -0.4 is 5.32 Å². The van der Waals surface area contributed by atoms with Crippen molar-refractivity contribution in [2.75, 3.05) is 6.61 Å². The number of rotatable bonds is 5. The molecule has 0 radical (unpaired) electrons. The highest BCUT2D eigenvalue weighted by Gasteiger charge is 2.38. The second-order valence-electron chi connectivity index (χ2n) is 6.25. The number of aromatic amines is 1. The number of H-pyrrole nitrogens is 1. The molecule has 122 valence electrons. The molecule has 1 aromatic rings. The van der Waals surface area contributed by atoms with Gasteiger partial charge in [0.25, 0.3) is 0 Å². The fourth-order valence-electron chi connectivity index (χ4n) is 3.68. The molecule has 0 aromatic carbocycles. The van der Waals surface area contributed by atoms with E-state index >= 15 is 0 Å². The van der Waals surface area contributed by atoms with Crippen LogP contribution in [0, 0.1) is 10.7 Å². The zero-order chi connectivity index (χ0) is 15.5. The maximum atomic E-state index is 12.4. The smallest absolute Gasteiger partial charge is 0.240 e. The highest BCUT2D eigenvalue weighted by Crippen LogP contribution is 2.34. The molecule has 2 N–H and O–H groups in total. The lowest BCUT2D eigenvalue weighted by molar-refractivity contribution is -0.123. The first-order chi connectivity index (χ1) is 10.7. The number of fused-ring (bicyclic) bond motifs is 1. The van der Waals surface area contributed by atoms with Crippen molar-refractivity contribution >= 4 is 18.1 Å². The summed E-state index contributed by atoms with van der Waals surface area (Å²) in [6.07, 6.45) is 6.50. The zero-order valence-corrected chi connectivity index (χ0v) is 13.8. The van der Waals surface area contributed by atoms with Crippen LogP contribution in [0.15, 0.2) is 0 Å². The minimum atomic E-state index is 0.0207. The third-order valence-electron chi connectivity index (χ3n) is 4.74. The summed E-state index contributed by atoms with van der Waals surface area (Å²) in [4.78, 5) is 12.4. The van der Waals surface area contributed by atoms with Gasteiger partial charge >= 0.3 is 0 Å². The summed E-state index contributed by atoms with van der Waals surface area (Å²) in [5.41, 5.74) is 0. The maximum absolute atomic E-state index is 12.4. The third kappa shape index (κ3) is 3.25. The van der Waals surface area contributed by atoms with Crippen LogP contribution in [0.25, 0.3) is 0 Å². The van der Waals surface area contributed by atoms with Crippen molar-refractivity contribution in [2.24, 2.45) is 5.92 Å². The lowest BCUT2D eigenvalue weighted by atomic mass is 9.82. The molecular formula is C15H24N4O2S. The van der Waals surface area contributed by atoms with Crippen molar-refractivity contribution < 1.29 is 9.53 Å². The van der Waals surface area contributed by atoms with Crippen molar-refractivity contribution in [2.45, 2.75) is 64.1 Å². The number of ether oxygens (including phenoxy) is 1. The van der Waals surface area contributed by atoms with Crippen molar-refractivity contribution in [1.82, 2.24) is 20.1 Å². The molecule has 0 bridgehead atoms. The summed E-state index contributed by atoms with van der Waals surface area (Å²) in [7, 11) is 0. The molecule has 22 heavy (non-hydrogen) atoms. The molecule has 2 aliphatic rings. The van der Waals surface area contributed by atoms with E-state index in [1.807, 2.05) is 0 Å². The van der Waals surface area contributed by atoms with E-state index in [-0.39, 0.29) is 18.5 Å². The monoisotopic (exact) mass is 324 g/mol. The molecule has 1 amide bonds. The van der Waals surface area contributed by atoms with Gasteiger partial charge in [-0.25, -0.2) is 0 Å². The van der Waals surface area contributed by atoms with Crippen molar-refractivity contribution in [3.05, 3.63) is 10.6 Å². The van der Waals surface area contributed by atoms with E-state index < -0.39 is 0 Å². The Bertz CT molecular complexity index is 582. The van der Waals surface area contributed by atoms with Crippen LogP contribution in [0.1, 0.15) is 44.9 Å². The van der Waals surface area contributed by atoms with E-state index in [1.165, 1.54) is 0 Å². The fourth-order valence-corrected chi connectivity index (χ4v) is 3.89. The molecule has 3 atom stereocenters. The predicted molar refractivity (Wildman–Crippen MR) is 85.0 cm³/mol. The van der Waals surface area contributed by atoms with Gasteiger partial charge in [0.15, 0.2) is 4.77 Å². The quantitative estimate of drug-likeness (QED) is 0.812. The summed E-state index contributed by atoms with van der Waals surface area (Å²) in [5.74, 6) is 1.35. The predicted octanol–water partition coefficient (Wildman–Crippen LogP) is 1.97. The van der Waals surface area contributed by atoms with E-state index in [0.717, 1.165) is 51.0 Å². The van der Waals surface area contributed by atoms with Gasteiger partial charge in [-0.15, -0.1) is 0 Å². The standard InChI is InChI=1S/C15H24N4O2S/c1-2-4-13-17-18-15(22)19(13)9-14(20)16-11-5-3-6-12-10(11)7-8-21-12/h10-12H,2-9H2,1H3,(H,16,20)(H,18,22)/t10-,11+,12-/m0/s1. The molecule has 0 unspecified atom stereocenters. The molecule has 1 aliphatic heterocycles. The first-order valence-electron chi connectivity index (χ1n) is 8.24. The fraction of sp³-hybridized carbons (Fsp3) is 0.800. The minimum absolute atomic E-state index is 0.0207. The van der Waals surface area contributed by atoms with Crippen LogP contribution in [-0.4, -0.2) is 39.4 Å². The van der Waals surface area contributed by atoms with E-state index in [1.54, 1.807) is 4.57 Å². The Morgan fingerprint density at radius 3 is 3.18 bits per heavy atom. The van der Waals surface area contributed by atoms with Gasteiger partial charge in [-0.2, -0.15) is 5.10 Å². The van der Waals surface area contributed by atoms with E-state index in [0.29, 0.717) is 16.8 Å². The molecule has 7 heteroatoms. The second-order valence-corrected chi connectivity index (χ2v) is 6.63. The summed E-state index contributed by atoms with van der Waals surface area (Å²) >= 11 is 5.23. The van der Waals surface area contributed by atoms with Gasteiger partial charge < -0.3 is 10.1 Å². The van der Waals surface area contributed by atoms with Gasteiger partial charge in [-0.3, -0.25) is 14.5 Å². The summed E-state index contributed by atoms with van der Waals surface area (Å²) in [6.45, 7) is 3.17. The second kappa shape index (κ2) is 6.91. The molecule has 1 aliphatic carbocycles. The van der Waals surface area contributed by atoms with Gasteiger partial charge in [0.05, 0.1) is 6.10 Å². The number of hydrogen-bond acceptors (Lipinski definition) is 4. The largest absolute Gasteiger partial charge is 0.378 e. The van der Waals surface area contributed by atoms with Crippen LogP contribution in [0.4, 0.5) is 0 Å². The lowest BCUT2D eigenvalue weighted by Crippen LogP contribution is -2.46. The molecule has 1 saturated heterocycles. The van der Waals surface area contributed by atoms with E-state index in [2.05, 4.69) is 22.4 Å². The zero-order valence-electron chi connectivity index (χ0n) is 13.0. The van der Waals surface area contributed by atoms with Gasteiger partial charge in [0.1, 0.15) is 12.4 Å². The van der Waals surface area contributed by atoms with E-state index in [9.17, 15) is 4.79 Å². The molecular weight excluding hydrogens is 300 g/mol. The molecule has 6 nitrogen and oxygen atoms in total. The molecule has 2 fully saturated rings. The van der Waals surface area contributed by atoms with E-state index in [4.69, 9.17) is 17.0 Å². The lowest BCUT2D eigenvalue weighted by Gasteiger charge is -2.33. The molecule has 1 saturated carbocycles. The van der Waals surface area contributed by atoms with Gasteiger partial charge in [0, 0.05) is 25.0 Å². The Kier molecular flexibility index (Phi) is 4.93. The van der Waals surface area contributed by atoms with Crippen LogP contribution >= 0.6 is 12.2 Å². The summed E-state index contributed by atoms with van der Waals surface area (Å²) in [5, 5.41) is 10.2. The molecule has 2 heterocycles. The Balaban J connectivity index is 1.63. The van der Waals surface area contributed by atoms with Crippen LogP contribution in [0.2, 0.25) is 0 Å². The van der Waals surface area contributed by atoms with Gasteiger partial charge in [-0.1, -0.05) is 6.92 Å². The Labute approximate surface area is 135 Å². The third-order valence-corrected chi connectivity index (χ3v) is 5.05. The first-order valence-corrected chi connectivity index (χ1v) is 8.65. The number of carbonyl (C=O) groups excluding carboxylic acids is 1.